The fourth-order valence-electron chi connectivity index (χ4n) is 7.05. The van der Waals surface area contributed by atoms with Crippen LogP contribution in [0.15, 0.2) is 164 Å². The molecule has 22 nitrogen and oxygen atoms in total. The molecule has 0 aliphatic carbocycles. The van der Waals surface area contributed by atoms with Gasteiger partial charge in [0.25, 0.3) is 0 Å². The Hall–Kier alpha value is -2.92. The molecule has 0 aromatic heterocycles. The summed E-state index contributed by atoms with van der Waals surface area (Å²) < 4.78 is 150. The average molecular weight is 1500 g/mol. The molecule has 79 heavy (non-hydrogen) atoms. The minimum absolute atomic E-state index is 0. The zero-order chi connectivity index (χ0) is 55.5. The van der Waals surface area contributed by atoms with Crippen molar-refractivity contribution in [3.63, 3.8) is 0 Å². The molecule has 3 atom stereocenters. The number of hydrogen-bond acceptors (Lipinski definition) is 15. The molecule has 0 spiro atoms. The van der Waals surface area contributed by atoms with Crippen LogP contribution in [0.5, 0.6) is 34.5 Å². The SMILES string of the molecule is O.O=P(O)(O)[C@H](CCCc1cccc(Oc2ccccc2)c1)S(=O)(=O)[O-].O=P(O)(O)[C@H](CCCc1cccc(Oc2ccccc2)c1)S(=O)(=O)[O-].O=P(O)(O)[C@H](CCCc1cccc(Oc2ccccc2)c1)S(=O)(=O)[O-].[Ag+].[Ag+].[Ag+]. The van der Waals surface area contributed by atoms with E-state index in [2.05, 4.69) is 0 Å². The van der Waals surface area contributed by atoms with E-state index in [0.29, 0.717) is 53.8 Å². The number of benzene rings is 6. The molecule has 31 heteroatoms. The van der Waals surface area contributed by atoms with Crippen molar-refractivity contribution in [2.75, 3.05) is 0 Å². The Morgan fingerprint density at radius 3 is 0.747 bits per heavy atom. The Bertz CT molecular complexity index is 2900. The zero-order valence-electron chi connectivity index (χ0n) is 41.0. The summed E-state index contributed by atoms with van der Waals surface area (Å²) in [7, 11) is -30.2. The molecule has 0 aliphatic rings. The quantitative estimate of drug-likeness (QED) is 0.0192. The summed E-state index contributed by atoms with van der Waals surface area (Å²) in [6.45, 7) is 0. The summed E-state index contributed by atoms with van der Waals surface area (Å²) in [6.07, 6.45) is 0.303. The first-order valence-electron chi connectivity index (χ1n) is 22.4. The van der Waals surface area contributed by atoms with E-state index in [9.17, 15) is 52.6 Å². The Labute approximate surface area is 505 Å². The van der Waals surface area contributed by atoms with Gasteiger partial charge in [0.15, 0.2) is 15.0 Å². The van der Waals surface area contributed by atoms with Crippen LogP contribution in [0.3, 0.4) is 0 Å². The molecule has 446 valence electrons. The molecule has 0 radical (unpaired) electrons. The predicted octanol–water partition coefficient (Wildman–Crippen LogP) is 7.72. The molecule has 0 fully saturated rings. The summed E-state index contributed by atoms with van der Waals surface area (Å²) in [6, 6.07) is 48.6. The Morgan fingerprint density at radius 2 is 0.557 bits per heavy atom. The first-order valence-corrected chi connectivity index (χ1v) is 31.9. The third-order valence-electron chi connectivity index (χ3n) is 10.5. The van der Waals surface area contributed by atoms with Crippen molar-refractivity contribution in [2.45, 2.75) is 72.8 Å². The summed E-state index contributed by atoms with van der Waals surface area (Å²) in [5.41, 5.74) is 2.42. The van der Waals surface area contributed by atoms with E-state index in [-0.39, 0.29) is 91.9 Å². The van der Waals surface area contributed by atoms with Gasteiger partial charge in [-0.25, -0.2) is 25.3 Å². The van der Waals surface area contributed by atoms with Crippen LogP contribution in [0.2, 0.25) is 0 Å². The largest absolute Gasteiger partial charge is 1.00 e. The van der Waals surface area contributed by atoms with Gasteiger partial charge in [0, 0.05) is 0 Å². The number of aryl methyl sites for hydroxylation is 3. The molecule has 6 rings (SSSR count). The second-order valence-electron chi connectivity index (χ2n) is 16.5. The van der Waals surface area contributed by atoms with Gasteiger partial charge >= 0.3 is 89.9 Å². The number of ether oxygens (including phenoxy) is 3. The summed E-state index contributed by atoms with van der Waals surface area (Å²) in [5, 5.41) is 0. The van der Waals surface area contributed by atoms with Gasteiger partial charge in [-0.15, -0.1) is 0 Å². The molecule has 0 saturated heterocycles. The maximum atomic E-state index is 11.2. The van der Waals surface area contributed by atoms with Crippen LogP contribution < -0.4 is 14.2 Å². The van der Waals surface area contributed by atoms with Crippen molar-refractivity contribution in [1.82, 2.24) is 0 Å². The van der Waals surface area contributed by atoms with Crippen LogP contribution in [0.25, 0.3) is 0 Å². The smallest absolute Gasteiger partial charge is 0.747 e. The summed E-state index contributed by atoms with van der Waals surface area (Å²) >= 11 is 0. The van der Waals surface area contributed by atoms with E-state index in [0.717, 1.165) is 16.7 Å². The van der Waals surface area contributed by atoms with Crippen LogP contribution >= 0.6 is 22.8 Å². The standard InChI is InChI=1S/3C16H19O7PS.3Ag.H2O/c3*17-24(18,19)16(25(20,21)22)11-5-7-13-6-4-10-15(12-13)23-14-8-2-1-3-9-14;;;;/h3*1-4,6,8-10,12,16H,5,7,11H2,(H2,17,18,19)(H,20,21,22);;;;1H2/q;;;3*+1;/p-3/t3*16-;;;;/m000..../s1. The molecule has 6 aromatic carbocycles. The number of hydrogen-bond donors (Lipinski definition) is 6. The Morgan fingerprint density at radius 1 is 0.354 bits per heavy atom. The van der Waals surface area contributed by atoms with Crippen LogP contribution in [0, 0.1) is 0 Å². The average Bonchev–Trinajstić information content (AvgIpc) is 3.30. The minimum atomic E-state index is -5.06. The first-order chi connectivity index (χ1) is 35.0. The molecular formula is C48H56Ag3O22P3S3. The molecule has 0 unspecified atom stereocenters. The molecule has 0 saturated carbocycles. The van der Waals surface area contributed by atoms with Crippen molar-refractivity contribution in [3.8, 4) is 34.5 Å². The molecule has 8 N–H and O–H groups in total. The van der Waals surface area contributed by atoms with Gasteiger partial charge in [-0.2, -0.15) is 0 Å². The van der Waals surface area contributed by atoms with E-state index >= 15 is 0 Å². The third kappa shape index (κ3) is 29.3. The summed E-state index contributed by atoms with van der Waals surface area (Å²) in [5.74, 6) is 3.76. The molecule has 0 bridgehead atoms. The topological polar surface area (TPSA) is 403 Å². The van der Waals surface area contributed by atoms with Crippen molar-refractivity contribution in [2.24, 2.45) is 0 Å². The maximum absolute atomic E-state index is 11.2. The monoisotopic (exact) mass is 1490 g/mol. The van der Waals surface area contributed by atoms with Crippen LogP contribution in [-0.4, -0.2) is 88.7 Å². The second kappa shape index (κ2) is 35.3. The van der Waals surface area contributed by atoms with Crippen molar-refractivity contribution in [3.05, 3.63) is 180 Å². The van der Waals surface area contributed by atoms with Crippen molar-refractivity contribution in [1.29, 1.82) is 0 Å². The minimum Gasteiger partial charge on any atom is -0.747 e. The molecule has 0 aliphatic heterocycles. The molecule has 0 heterocycles. The van der Waals surface area contributed by atoms with Gasteiger partial charge in [0.1, 0.15) is 64.9 Å². The van der Waals surface area contributed by atoms with Gasteiger partial charge in [0.05, 0.1) is 0 Å². The third-order valence-corrected chi connectivity index (χ3v) is 21.0. The van der Waals surface area contributed by atoms with E-state index < -0.39 is 87.4 Å². The number of para-hydroxylation sites is 3. The molecular weight excluding hydrogens is 1440 g/mol. The number of rotatable bonds is 24. The molecule has 0 amide bonds. The van der Waals surface area contributed by atoms with Crippen LogP contribution in [0.1, 0.15) is 55.2 Å². The van der Waals surface area contributed by atoms with Gasteiger partial charge in [-0.1, -0.05) is 91.0 Å². The molecule has 6 aromatic rings. The maximum Gasteiger partial charge on any atom is 1.00 e. The zero-order valence-corrected chi connectivity index (χ0v) is 50.5. The summed E-state index contributed by atoms with van der Waals surface area (Å²) in [4.78, 5) is 47.6. The predicted molar refractivity (Wildman–Crippen MR) is 278 cm³/mol. The van der Waals surface area contributed by atoms with Gasteiger partial charge < -0.3 is 62.7 Å². The Kier molecular flexibility index (Phi) is 34.0. The van der Waals surface area contributed by atoms with Gasteiger partial charge in [-0.05, 0) is 147 Å². The second-order valence-corrected chi connectivity index (χ2v) is 27.6. The van der Waals surface area contributed by atoms with E-state index in [1.807, 2.05) is 54.6 Å². The fourth-order valence-corrected chi connectivity index (χ4v) is 14.0. The van der Waals surface area contributed by atoms with E-state index in [1.165, 1.54) is 0 Å². The fraction of sp³-hybridized carbons (Fsp3) is 0.250. The van der Waals surface area contributed by atoms with Crippen molar-refractivity contribution < 1.29 is 169 Å². The first kappa shape index (κ1) is 76.1. The normalized spacial score (nSPS) is 12.7. The van der Waals surface area contributed by atoms with Crippen LogP contribution in [-0.2, 0) is 130 Å². The van der Waals surface area contributed by atoms with Crippen LogP contribution in [0.4, 0.5) is 0 Å². The van der Waals surface area contributed by atoms with Gasteiger partial charge in [0.2, 0.25) is 0 Å². The van der Waals surface area contributed by atoms with E-state index in [1.54, 1.807) is 109 Å². The van der Waals surface area contributed by atoms with Crippen molar-refractivity contribution >= 4 is 53.1 Å². The Balaban J connectivity index is 0.00000113. The van der Waals surface area contributed by atoms with E-state index in [4.69, 9.17) is 43.6 Å². The van der Waals surface area contributed by atoms with Gasteiger partial charge in [-0.3, -0.25) is 13.7 Å².